The SMILES string of the molecule is Clc1ccc(NCC2CCCOC2)cc1-c1ccnc2[nH]c(C3=CCNC3)cc12. The minimum absolute atomic E-state index is 0.566. The molecule has 6 heteroatoms. The van der Waals surface area contributed by atoms with E-state index in [9.17, 15) is 0 Å². The largest absolute Gasteiger partial charge is 0.385 e. The number of fused-ring (bicyclic) bond motifs is 1. The number of hydrogen-bond acceptors (Lipinski definition) is 4. The molecule has 1 aromatic carbocycles. The average molecular weight is 409 g/mol. The molecule has 150 valence electrons. The van der Waals surface area contributed by atoms with Crippen LogP contribution in [0.5, 0.6) is 0 Å². The van der Waals surface area contributed by atoms with Gasteiger partial charge in [-0.05, 0) is 60.2 Å². The first-order valence-electron chi connectivity index (χ1n) is 10.3. The van der Waals surface area contributed by atoms with Crippen molar-refractivity contribution in [2.75, 3.05) is 38.2 Å². The minimum Gasteiger partial charge on any atom is -0.385 e. The molecule has 2 aliphatic rings. The van der Waals surface area contributed by atoms with Crippen LogP contribution in [0.3, 0.4) is 0 Å². The van der Waals surface area contributed by atoms with Gasteiger partial charge in [-0.15, -0.1) is 0 Å². The van der Waals surface area contributed by atoms with Gasteiger partial charge in [0.05, 0.1) is 6.61 Å². The molecule has 1 saturated heterocycles. The van der Waals surface area contributed by atoms with Crippen molar-refractivity contribution in [2.45, 2.75) is 12.8 Å². The lowest BCUT2D eigenvalue weighted by Gasteiger charge is -2.23. The molecule has 3 N–H and O–H groups in total. The van der Waals surface area contributed by atoms with E-state index in [2.05, 4.69) is 38.8 Å². The van der Waals surface area contributed by atoms with Crippen LogP contribution < -0.4 is 10.6 Å². The summed E-state index contributed by atoms with van der Waals surface area (Å²) in [7, 11) is 0. The summed E-state index contributed by atoms with van der Waals surface area (Å²) in [6.07, 6.45) is 6.43. The van der Waals surface area contributed by atoms with Crippen molar-refractivity contribution in [3.05, 3.63) is 53.3 Å². The van der Waals surface area contributed by atoms with Gasteiger partial charge in [0.2, 0.25) is 0 Å². The summed E-state index contributed by atoms with van der Waals surface area (Å²) in [5.74, 6) is 0.566. The Kier molecular flexibility index (Phi) is 5.27. The highest BCUT2D eigenvalue weighted by atomic mass is 35.5. The zero-order chi connectivity index (χ0) is 19.6. The predicted molar refractivity (Wildman–Crippen MR) is 119 cm³/mol. The van der Waals surface area contributed by atoms with E-state index in [1.165, 1.54) is 12.0 Å². The van der Waals surface area contributed by atoms with Gasteiger partial charge in [0, 0.05) is 59.8 Å². The van der Waals surface area contributed by atoms with Crippen LogP contribution in [0.25, 0.3) is 27.7 Å². The van der Waals surface area contributed by atoms with Gasteiger partial charge < -0.3 is 20.4 Å². The van der Waals surface area contributed by atoms with Crippen molar-refractivity contribution in [1.29, 1.82) is 0 Å². The highest BCUT2D eigenvalue weighted by Gasteiger charge is 2.16. The van der Waals surface area contributed by atoms with Gasteiger partial charge in [0.1, 0.15) is 5.65 Å². The van der Waals surface area contributed by atoms with Crippen LogP contribution in [0.1, 0.15) is 18.5 Å². The fraction of sp³-hybridized carbons (Fsp3) is 0.348. The number of aromatic amines is 1. The molecule has 2 aromatic heterocycles. The van der Waals surface area contributed by atoms with E-state index < -0.39 is 0 Å². The summed E-state index contributed by atoms with van der Waals surface area (Å²) < 4.78 is 5.59. The zero-order valence-electron chi connectivity index (χ0n) is 16.3. The maximum absolute atomic E-state index is 6.61. The lowest BCUT2D eigenvalue weighted by molar-refractivity contribution is 0.0595. The van der Waals surface area contributed by atoms with Gasteiger partial charge in [-0.25, -0.2) is 4.98 Å². The number of anilines is 1. The zero-order valence-corrected chi connectivity index (χ0v) is 17.1. The number of halogens is 1. The third-order valence-corrected chi connectivity index (χ3v) is 6.12. The Morgan fingerprint density at radius 2 is 2.17 bits per heavy atom. The summed E-state index contributed by atoms with van der Waals surface area (Å²) in [6.45, 7) is 4.45. The smallest absolute Gasteiger partial charge is 0.138 e. The van der Waals surface area contributed by atoms with Crippen LogP contribution in [0.15, 0.2) is 42.6 Å². The van der Waals surface area contributed by atoms with Crippen LogP contribution in [0.2, 0.25) is 5.02 Å². The predicted octanol–water partition coefficient (Wildman–Crippen LogP) is 4.71. The van der Waals surface area contributed by atoms with Gasteiger partial charge >= 0.3 is 0 Å². The van der Waals surface area contributed by atoms with Crippen molar-refractivity contribution in [3.8, 4) is 11.1 Å². The minimum atomic E-state index is 0.566. The van der Waals surface area contributed by atoms with Gasteiger partial charge in [0.15, 0.2) is 0 Å². The van der Waals surface area contributed by atoms with E-state index in [0.717, 1.165) is 77.8 Å². The van der Waals surface area contributed by atoms with E-state index in [1.807, 2.05) is 24.4 Å². The average Bonchev–Trinajstić information content (AvgIpc) is 3.43. The van der Waals surface area contributed by atoms with E-state index in [4.69, 9.17) is 16.3 Å². The summed E-state index contributed by atoms with van der Waals surface area (Å²) >= 11 is 6.61. The molecule has 1 unspecified atom stereocenters. The number of rotatable bonds is 5. The molecule has 0 radical (unpaired) electrons. The van der Waals surface area contributed by atoms with E-state index in [0.29, 0.717) is 5.92 Å². The molecular formula is C23H25ClN4O. The fourth-order valence-corrected chi connectivity index (χ4v) is 4.41. The number of nitrogens with one attached hydrogen (secondary N) is 3. The lowest BCUT2D eigenvalue weighted by atomic mass is 10.0. The first-order valence-corrected chi connectivity index (χ1v) is 10.6. The van der Waals surface area contributed by atoms with Gasteiger partial charge in [-0.2, -0.15) is 0 Å². The van der Waals surface area contributed by atoms with Crippen molar-refractivity contribution < 1.29 is 4.74 Å². The molecule has 0 aliphatic carbocycles. The van der Waals surface area contributed by atoms with Crippen molar-refractivity contribution in [1.82, 2.24) is 15.3 Å². The highest BCUT2D eigenvalue weighted by molar-refractivity contribution is 6.33. The van der Waals surface area contributed by atoms with Gasteiger partial charge in [0.25, 0.3) is 0 Å². The molecule has 0 spiro atoms. The second kappa shape index (κ2) is 8.19. The van der Waals surface area contributed by atoms with Crippen LogP contribution in [-0.2, 0) is 4.74 Å². The third kappa shape index (κ3) is 3.90. The van der Waals surface area contributed by atoms with Crippen LogP contribution in [0.4, 0.5) is 5.69 Å². The Labute approximate surface area is 175 Å². The normalized spacial score (nSPS) is 19.5. The van der Waals surface area contributed by atoms with Gasteiger partial charge in [-0.3, -0.25) is 0 Å². The Hall–Kier alpha value is -2.34. The molecule has 1 atom stereocenters. The molecule has 29 heavy (non-hydrogen) atoms. The molecule has 0 amide bonds. The first kappa shape index (κ1) is 18.7. The number of pyridine rings is 1. The van der Waals surface area contributed by atoms with Crippen LogP contribution in [0, 0.1) is 5.92 Å². The molecular weight excluding hydrogens is 384 g/mol. The maximum Gasteiger partial charge on any atom is 0.138 e. The number of aromatic nitrogens is 2. The Balaban J connectivity index is 1.45. The summed E-state index contributed by atoms with van der Waals surface area (Å²) in [5.41, 5.74) is 6.49. The summed E-state index contributed by atoms with van der Waals surface area (Å²) in [4.78, 5) is 7.99. The van der Waals surface area contributed by atoms with E-state index >= 15 is 0 Å². The topological polar surface area (TPSA) is 62.0 Å². The van der Waals surface area contributed by atoms with Crippen LogP contribution >= 0.6 is 11.6 Å². The number of hydrogen-bond donors (Lipinski definition) is 3. The first-order chi connectivity index (χ1) is 14.3. The number of benzene rings is 1. The quantitative estimate of drug-likeness (QED) is 0.572. The van der Waals surface area contributed by atoms with E-state index in [-0.39, 0.29) is 0 Å². The third-order valence-electron chi connectivity index (χ3n) is 5.79. The summed E-state index contributed by atoms with van der Waals surface area (Å²) in [6, 6.07) is 10.4. The van der Waals surface area contributed by atoms with Crippen molar-refractivity contribution in [2.24, 2.45) is 5.92 Å². The van der Waals surface area contributed by atoms with Crippen molar-refractivity contribution in [3.63, 3.8) is 0 Å². The molecule has 0 saturated carbocycles. The van der Waals surface area contributed by atoms with Gasteiger partial charge in [-0.1, -0.05) is 17.7 Å². The number of H-pyrrole nitrogens is 1. The number of nitrogens with zero attached hydrogens (tertiary/aromatic N) is 1. The molecule has 0 bridgehead atoms. The molecule has 4 heterocycles. The maximum atomic E-state index is 6.61. The Morgan fingerprint density at radius 3 is 3.00 bits per heavy atom. The molecule has 5 nitrogen and oxygen atoms in total. The molecule has 1 fully saturated rings. The van der Waals surface area contributed by atoms with Crippen LogP contribution in [-0.4, -0.2) is 42.8 Å². The summed E-state index contributed by atoms with van der Waals surface area (Å²) in [5, 5.41) is 8.75. The molecule has 2 aliphatic heterocycles. The Bertz CT molecular complexity index is 1050. The monoisotopic (exact) mass is 408 g/mol. The molecule has 5 rings (SSSR count). The van der Waals surface area contributed by atoms with Crippen molar-refractivity contribution >= 4 is 33.9 Å². The van der Waals surface area contributed by atoms with E-state index in [1.54, 1.807) is 0 Å². The second-order valence-corrected chi connectivity index (χ2v) is 8.23. The molecule has 3 aromatic rings. The Morgan fingerprint density at radius 1 is 1.21 bits per heavy atom. The fourth-order valence-electron chi connectivity index (χ4n) is 4.19. The standard InChI is InChI=1S/C23H25ClN4O/c24-21-4-3-17(27-12-15-2-1-9-29-14-15)10-19(21)18-6-8-26-23-20(18)11-22(28-23)16-5-7-25-13-16/h3-6,8,10-11,15,25,27H,1-2,7,9,12-14H2,(H,26,28). The highest BCUT2D eigenvalue weighted by Crippen LogP contribution is 2.36. The lowest BCUT2D eigenvalue weighted by Crippen LogP contribution is -2.24. The number of ether oxygens (including phenoxy) is 1. The second-order valence-electron chi connectivity index (χ2n) is 7.82.